The molecule has 0 aromatic heterocycles. The second-order valence-electron chi connectivity index (χ2n) is 8.23. The van der Waals surface area contributed by atoms with Crippen molar-refractivity contribution < 1.29 is 27.2 Å². The first-order chi connectivity index (χ1) is 17.0. The van der Waals surface area contributed by atoms with Gasteiger partial charge in [0, 0.05) is 22.7 Å². The number of primary amides is 1. The Morgan fingerprint density at radius 3 is 2.44 bits per heavy atom. The summed E-state index contributed by atoms with van der Waals surface area (Å²) in [4.78, 5) is 25.7. The number of amides is 2. The SMILES string of the molecule is NC(=O)c1ccc(Cl)c(-c2ccc(NC(=O)c3c(F)cccc3Cl)c(N3CCC[C@@H]3C(F)(F)F)c2)c1. The summed E-state index contributed by atoms with van der Waals surface area (Å²) in [7, 11) is 0. The van der Waals surface area contributed by atoms with Crippen LogP contribution in [0.4, 0.5) is 28.9 Å². The average Bonchev–Trinajstić information content (AvgIpc) is 3.30. The minimum atomic E-state index is -4.52. The van der Waals surface area contributed by atoms with Crippen LogP contribution in [0.2, 0.25) is 10.0 Å². The third kappa shape index (κ3) is 5.12. The molecule has 3 aromatic rings. The van der Waals surface area contributed by atoms with Gasteiger partial charge in [0.15, 0.2) is 0 Å². The number of anilines is 2. The maximum atomic E-state index is 14.3. The van der Waals surface area contributed by atoms with Gasteiger partial charge in [-0.25, -0.2) is 4.39 Å². The summed E-state index contributed by atoms with van der Waals surface area (Å²) < 4.78 is 55.8. The summed E-state index contributed by atoms with van der Waals surface area (Å²) in [5.74, 6) is -2.48. The first kappa shape index (κ1) is 25.8. The molecular formula is C25H19Cl2F4N3O2. The van der Waals surface area contributed by atoms with E-state index in [9.17, 15) is 27.2 Å². The molecular weight excluding hydrogens is 521 g/mol. The van der Waals surface area contributed by atoms with E-state index in [-0.39, 0.29) is 46.4 Å². The first-order valence-corrected chi connectivity index (χ1v) is 11.6. The van der Waals surface area contributed by atoms with Crippen molar-refractivity contribution in [3.63, 3.8) is 0 Å². The average molecular weight is 540 g/mol. The molecule has 2 amide bonds. The summed E-state index contributed by atoms with van der Waals surface area (Å²) in [6, 6.07) is 10.6. The standard InChI is InChI=1S/C25H19Cl2F4N3O2/c26-16-8-6-14(23(32)35)11-15(16)13-7-9-19(33-24(36)22-17(27)3-1-4-18(22)28)20(12-13)34-10-2-5-21(34)25(29,30)31/h1,3-4,6-9,11-12,21H,2,5,10H2,(H2,32,35)(H,33,36)/t21-/m1/s1. The van der Waals surface area contributed by atoms with Crippen LogP contribution in [-0.2, 0) is 0 Å². The molecule has 1 atom stereocenters. The summed E-state index contributed by atoms with van der Waals surface area (Å²) in [5, 5.41) is 2.60. The summed E-state index contributed by atoms with van der Waals surface area (Å²) in [5.41, 5.74) is 5.95. The monoisotopic (exact) mass is 539 g/mol. The molecule has 188 valence electrons. The Kier molecular flexibility index (Phi) is 7.15. The predicted octanol–water partition coefficient (Wildman–Crippen LogP) is 6.68. The van der Waals surface area contributed by atoms with Crippen LogP contribution >= 0.6 is 23.2 Å². The van der Waals surface area contributed by atoms with E-state index in [2.05, 4.69) is 5.32 Å². The van der Waals surface area contributed by atoms with E-state index in [0.29, 0.717) is 11.1 Å². The van der Waals surface area contributed by atoms with Gasteiger partial charge in [0.25, 0.3) is 5.91 Å². The van der Waals surface area contributed by atoms with Gasteiger partial charge < -0.3 is 16.0 Å². The number of nitrogens with one attached hydrogen (secondary N) is 1. The maximum Gasteiger partial charge on any atom is 0.408 e. The van der Waals surface area contributed by atoms with Crippen molar-refractivity contribution in [3.8, 4) is 11.1 Å². The minimum Gasteiger partial charge on any atom is -0.366 e. The topological polar surface area (TPSA) is 75.4 Å². The number of nitrogens with zero attached hydrogens (tertiary/aromatic N) is 1. The molecule has 0 aliphatic carbocycles. The van der Waals surface area contributed by atoms with Gasteiger partial charge in [-0.15, -0.1) is 0 Å². The summed E-state index contributed by atoms with van der Waals surface area (Å²) in [6.07, 6.45) is -4.37. The number of benzene rings is 3. The van der Waals surface area contributed by atoms with Crippen LogP contribution in [0.5, 0.6) is 0 Å². The molecule has 0 unspecified atom stereocenters. The molecule has 1 heterocycles. The maximum absolute atomic E-state index is 14.3. The van der Waals surface area contributed by atoms with Crippen molar-refractivity contribution in [2.45, 2.75) is 25.1 Å². The largest absolute Gasteiger partial charge is 0.408 e. The zero-order valence-corrected chi connectivity index (χ0v) is 20.0. The van der Waals surface area contributed by atoms with Gasteiger partial charge in [0.1, 0.15) is 11.9 Å². The zero-order valence-electron chi connectivity index (χ0n) is 18.5. The number of alkyl halides is 3. The van der Waals surface area contributed by atoms with Gasteiger partial charge in [-0.05, 0) is 60.9 Å². The third-order valence-corrected chi connectivity index (χ3v) is 6.58. The van der Waals surface area contributed by atoms with Crippen LogP contribution in [0.1, 0.15) is 33.6 Å². The molecule has 36 heavy (non-hydrogen) atoms. The first-order valence-electron chi connectivity index (χ1n) is 10.8. The molecule has 3 aromatic carbocycles. The Labute approximate surface area is 213 Å². The van der Waals surface area contributed by atoms with E-state index in [1.165, 1.54) is 48.5 Å². The minimum absolute atomic E-state index is 0.0291. The Morgan fingerprint density at radius 1 is 1.03 bits per heavy atom. The normalized spacial score (nSPS) is 15.7. The van der Waals surface area contributed by atoms with E-state index in [4.69, 9.17) is 28.9 Å². The van der Waals surface area contributed by atoms with Gasteiger partial charge in [-0.2, -0.15) is 13.2 Å². The fourth-order valence-electron chi connectivity index (χ4n) is 4.24. The summed E-state index contributed by atoms with van der Waals surface area (Å²) >= 11 is 12.3. The van der Waals surface area contributed by atoms with Crippen molar-refractivity contribution in [3.05, 3.63) is 81.6 Å². The summed E-state index contributed by atoms with van der Waals surface area (Å²) in [6.45, 7) is 0.0754. The van der Waals surface area contributed by atoms with Crippen LogP contribution in [0, 0.1) is 5.82 Å². The van der Waals surface area contributed by atoms with Crippen LogP contribution < -0.4 is 16.0 Å². The highest BCUT2D eigenvalue weighted by atomic mass is 35.5. The number of hydrogen-bond donors (Lipinski definition) is 2. The molecule has 1 fully saturated rings. The molecule has 3 N–H and O–H groups in total. The quantitative estimate of drug-likeness (QED) is 0.355. The molecule has 5 nitrogen and oxygen atoms in total. The molecule has 4 rings (SSSR count). The van der Waals surface area contributed by atoms with Gasteiger partial charge in [0.05, 0.1) is 22.0 Å². The third-order valence-electron chi connectivity index (χ3n) is 5.94. The lowest BCUT2D eigenvalue weighted by molar-refractivity contribution is -0.145. The fourth-order valence-corrected chi connectivity index (χ4v) is 4.71. The van der Waals surface area contributed by atoms with Gasteiger partial charge in [-0.3, -0.25) is 9.59 Å². The number of rotatable bonds is 5. The van der Waals surface area contributed by atoms with Crippen molar-refractivity contribution in [2.75, 3.05) is 16.8 Å². The van der Waals surface area contributed by atoms with Crippen molar-refractivity contribution in [1.29, 1.82) is 0 Å². The zero-order chi connectivity index (χ0) is 26.2. The molecule has 1 aliphatic heterocycles. The second kappa shape index (κ2) is 9.99. The van der Waals surface area contributed by atoms with Gasteiger partial charge in [-0.1, -0.05) is 35.3 Å². The lowest BCUT2D eigenvalue weighted by Gasteiger charge is -2.30. The molecule has 1 aliphatic rings. The van der Waals surface area contributed by atoms with Crippen LogP contribution in [0.3, 0.4) is 0 Å². The Bertz CT molecular complexity index is 1330. The Morgan fingerprint density at radius 2 is 1.78 bits per heavy atom. The van der Waals surface area contributed by atoms with E-state index in [1.807, 2.05) is 0 Å². The smallest absolute Gasteiger partial charge is 0.366 e. The van der Waals surface area contributed by atoms with Crippen molar-refractivity contribution in [2.24, 2.45) is 5.73 Å². The predicted molar refractivity (Wildman–Crippen MR) is 131 cm³/mol. The van der Waals surface area contributed by atoms with Crippen LogP contribution in [0.15, 0.2) is 54.6 Å². The number of carbonyl (C=O) groups is 2. The molecule has 0 bridgehead atoms. The Balaban J connectivity index is 1.83. The highest BCUT2D eigenvalue weighted by Gasteiger charge is 2.46. The lowest BCUT2D eigenvalue weighted by atomic mass is 10.0. The Hall–Kier alpha value is -3.30. The second-order valence-corrected chi connectivity index (χ2v) is 9.05. The van der Waals surface area contributed by atoms with Crippen molar-refractivity contribution >= 4 is 46.4 Å². The van der Waals surface area contributed by atoms with Crippen LogP contribution in [0.25, 0.3) is 11.1 Å². The highest BCUT2D eigenvalue weighted by molar-refractivity contribution is 6.34. The van der Waals surface area contributed by atoms with E-state index < -0.39 is 35.4 Å². The van der Waals surface area contributed by atoms with E-state index in [1.54, 1.807) is 0 Å². The van der Waals surface area contributed by atoms with Gasteiger partial charge >= 0.3 is 6.18 Å². The lowest BCUT2D eigenvalue weighted by Crippen LogP contribution is -2.41. The van der Waals surface area contributed by atoms with Gasteiger partial charge in [0.2, 0.25) is 5.91 Å². The molecule has 0 radical (unpaired) electrons. The number of halogens is 6. The fraction of sp³-hybridized carbons (Fsp3) is 0.200. The van der Waals surface area contributed by atoms with E-state index >= 15 is 0 Å². The molecule has 11 heteroatoms. The van der Waals surface area contributed by atoms with E-state index in [0.717, 1.165) is 11.0 Å². The van der Waals surface area contributed by atoms with Crippen molar-refractivity contribution in [1.82, 2.24) is 0 Å². The molecule has 0 saturated carbocycles. The number of nitrogens with two attached hydrogens (primary N) is 1. The molecule has 0 spiro atoms. The molecule has 1 saturated heterocycles. The number of hydrogen-bond acceptors (Lipinski definition) is 3. The highest BCUT2D eigenvalue weighted by Crippen LogP contribution is 2.42. The number of carbonyl (C=O) groups excluding carboxylic acids is 2. The van der Waals surface area contributed by atoms with Crippen LogP contribution in [-0.4, -0.2) is 30.6 Å².